The fourth-order valence-electron chi connectivity index (χ4n) is 2.91. The summed E-state index contributed by atoms with van der Waals surface area (Å²) in [5, 5.41) is 10.1. The van der Waals surface area contributed by atoms with Crippen LogP contribution < -0.4 is 14.8 Å². The molecule has 0 saturated heterocycles. The highest BCUT2D eigenvalue weighted by Crippen LogP contribution is 2.30. The lowest BCUT2D eigenvalue weighted by Gasteiger charge is -2.08. The highest BCUT2D eigenvalue weighted by atomic mass is 16.5. The molecule has 27 heavy (non-hydrogen) atoms. The summed E-state index contributed by atoms with van der Waals surface area (Å²) < 4.78 is 10.4. The Kier molecular flexibility index (Phi) is 5.76. The largest absolute Gasteiger partial charge is 0.497 e. The van der Waals surface area contributed by atoms with Gasteiger partial charge in [0.1, 0.15) is 11.5 Å². The summed E-state index contributed by atoms with van der Waals surface area (Å²) in [4.78, 5) is 12.4. The van der Waals surface area contributed by atoms with Crippen molar-refractivity contribution < 1.29 is 14.3 Å². The van der Waals surface area contributed by atoms with Crippen molar-refractivity contribution >= 4 is 11.7 Å². The van der Waals surface area contributed by atoms with E-state index in [-0.39, 0.29) is 5.91 Å². The zero-order chi connectivity index (χ0) is 19.2. The number of nitrogens with one attached hydrogen (secondary N) is 2. The van der Waals surface area contributed by atoms with E-state index in [1.807, 2.05) is 55.5 Å². The van der Waals surface area contributed by atoms with Crippen molar-refractivity contribution in [2.45, 2.75) is 19.8 Å². The van der Waals surface area contributed by atoms with E-state index in [4.69, 9.17) is 9.47 Å². The predicted molar refractivity (Wildman–Crippen MR) is 105 cm³/mol. The minimum absolute atomic E-state index is 0.0842. The second kappa shape index (κ2) is 8.40. The average Bonchev–Trinajstić information content (AvgIpc) is 3.06. The van der Waals surface area contributed by atoms with Gasteiger partial charge >= 0.3 is 0 Å². The second-order valence-corrected chi connectivity index (χ2v) is 6.20. The summed E-state index contributed by atoms with van der Waals surface area (Å²) in [5.41, 5.74) is 3.79. The third-order valence-electron chi connectivity index (χ3n) is 4.36. The van der Waals surface area contributed by atoms with E-state index in [9.17, 15) is 4.79 Å². The number of aromatic amines is 1. The molecule has 1 amide bonds. The van der Waals surface area contributed by atoms with Crippen molar-refractivity contribution in [3.05, 3.63) is 59.8 Å². The number of benzene rings is 2. The van der Waals surface area contributed by atoms with E-state index in [0.717, 1.165) is 33.9 Å². The first kappa shape index (κ1) is 18.5. The Bertz CT molecular complexity index is 917. The molecule has 0 aliphatic heterocycles. The van der Waals surface area contributed by atoms with Gasteiger partial charge in [-0.25, -0.2) is 0 Å². The van der Waals surface area contributed by atoms with Gasteiger partial charge in [0, 0.05) is 17.7 Å². The first-order chi connectivity index (χ1) is 13.1. The number of aryl methyl sites for hydroxylation is 2. The quantitative estimate of drug-likeness (QED) is 0.664. The highest BCUT2D eigenvalue weighted by molar-refractivity contribution is 5.94. The van der Waals surface area contributed by atoms with Crippen molar-refractivity contribution in [1.82, 2.24) is 10.2 Å². The van der Waals surface area contributed by atoms with Crippen LogP contribution >= 0.6 is 0 Å². The van der Waals surface area contributed by atoms with Gasteiger partial charge in [-0.2, -0.15) is 5.10 Å². The van der Waals surface area contributed by atoms with Crippen LogP contribution in [0.1, 0.15) is 17.7 Å². The first-order valence-electron chi connectivity index (χ1n) is 8.73. The van der Waals surface area contributed by atoms with Gasteiger partial charge in [0.2, 0.25) is 5.91 Å². The van der Waals surface area contributed by atoms with E-state index in [1.165, 1.54) is 0 Å². The lowest BCUT2D eigenvalue weighted by Crippen LogP contribution is -2.13. The Morgan fingerprint density at radius 3 is 2.52 bits per heavy atom. The molecule has 0 aliphatic carbocycles. The van der Waals surface area contributed by atoms with E-state index < -0.39 is 0 Å². The molecule has 0 saturated carbocycles. The van der Waals surface area contributed by atoms with Crippen molar-refractivity contribution in [3.63, 3.8) is 0 Å². The molecule has 140 valence electrons. The number of amides is 1. The Morgan fingerprint density at radius 1 is 1.07 bits per heavy atom. The summed E-state index contributed by atoms with van der Waals surface area (Å²) in [6, 6.07) is 15.4. The Hall–Kier alpha value is -3.28. The third kappa shape index (κ3) is 4.47. The molecule has 2 aromatic carbocycles. The van der Waals surface area contributed by atoms with Crippen LogP contribution in [0.4, 0.5) is 5.82 Å². The van der Waals surface area contributed by atoms with Crippen molar-refractivity contribution in [3.8, 4) is 22.6 Å². The van der Waals surface area contributed by atoms with Gasteiger partial charge in [0.25, 0.3) is 0 Å². The molecule has 6 heteroatoms. The van der Waals surface area contributed by atoms with E-state index >= 15 is 0 Å². The van der Waals surface area contributed by atoms with Gasteiger partial charge < -0.3 is 14.8 Å². The molecule has 1 aromatic heterocycles. The molecule has 0 unspecified atom stereocenters. The molecule has 0 radical (unpaired) electrons. The van der Waals surface area contributed by atoms with Crippen LogP contribution in [0.5, 0.6) is 11.5 Å². The van der Waals surface area contributed by atoms with Gasteiger partial charge in [0.15, 0.2) is 5.82 Å². The smallest absolute Gasteiger partial charge is 0.225 e. The number of anilines is 1. The van der Waals surface area contributed by atoms with E-state index in [0.29, 0.717) is 18.7 Å². The van der Waals surface area contributed by atoms with Crippen molar-refractivity contribution in [2.24, 2.45) is 0 Å². The number of hydrogen-bond acceptors (Lipinski definition) is 4. The summed E-state index contributed by atoms with van der Waals surface area (Å²) in [7, 11) is 3.26. The fraction of sp³-hybridized carbons (Fsp3) is 0.238. The maximum atomic E-state index is 12.4. The zero-order valence-electron chi connectivity index (χ0n) is 15.7. The highest BCUT2D eigenvalue weighted by Gasteiger charge is 2.15. The van der Waals surface area contributed by atoms with Crippen LogP contribution in [0, 0.1) is 6.92 Å². The second-order valence-electron chi connectivity index (χ2n) is 6.20. The van der Waals surface area contributed by atoms with Gasteiger partial charge in [0.05, 0.1) is 14.2 Å². The van der Waals surface area contributed by atoms with Crippen LogP contribution in [-0.4, -0.2) is 30.3 Å². The van der Waals surface area contributed by atoms with Crippen molar-refractivity contribution in [2.75, 3.05) is 19.5 Å². The normalized spacial score (nSPS) is 10.5. The number of carbonyl (C=O) groups excluding carboxylic acids is 1. The molecule has 2 N–H and O–H groups in total. The molecule has 0 spiro atoms. The molecule has 3 aromatic rings. The van der Waals surface area contributed by atoms with Crippen molar-refractivity contribution in [1.29, 1.82) is 0 Å². The molecule has 6 nitrogen and oxygen atoms in total. The summed E-state index contributed by atoms with van der Waals surface area (Å²) in [5.74, 6) is 2.02. The molecule has 0 aliphatic rings. The zero-order valence-corrected chi connectivity index (χ0v) is 15.7. The number of carbonyl (C=O) groups is 1. The first-order valence-corrected chi connectivity index (χ1v) is 8.73. The monoisotopic (exact) mass is 365 g/mol. The van der Waals surface area contributed by atoms with Gasteiger partial charge in [-0.05, 0) is 48.7 Å². The molecule has 1 heterocycles. The average molecular weight is 365 g/mol. The van der Waals surface area contributed by atoms with Crippen LogP contribution in [-0.2, 0) is 11.2 Å². The summed E-state index contributed by atoms with van der Waals surface area (Å²) >= 11 is 0. The number of H-pyrrole nitrogens is 1. The Labute approximate surface area is 158 Å². The number of methoxy groups -OCH3 is 2. The minimum atomic E-state index is -0.0842. The molecule has 0 bridgehead atoms. The van der Waals surface area contributed by atoms with E-state index in [2.05, 4.69) is 15.5 Å². The van der Waals surface area contributed by atoms with Crippen LogP contribution in [0.2, 0.25) is 0 Å². The Morgan fingerprint density at radius 2 is 1.81 bits per heavy atom. The molecule has 0 fully saturated rings. The summed E-state index contributed by atoms with van der Waals surface area (Å²) in [6.07, 6.45) is 0.992. The lowest BCUT2D eigenvalue weighted by atomic mass is 10.1. The topological polar surface area (TPSA) is 76.2 Å². The van der Waals surface area contributed by atoms with Crippen LogP contribution in [0.15, 0.2) is 48.5 Å². The molecular weight excluding hydrogens is 342 g/mol. The number of rotatable bonds is 7. The maximum Gasteiger partial charge on any atom is 0.225 e. The number of aromatic nitrogens is 2. The van der Waals surface area contributed by atoms with Crippen LogP contribution in [0.25, 0.3) is 11.1 Å². The van der Waals surface area contributed by atoms with Crippen LogP contribution in [0.3, 0.4) is 0 Å². The van der Waals surface area contributed by atoms with Gasteiger partial charge in [-0.15, -0.1) is 0 Å². The SMILES string of the molecule is COc1ccc(-c2c(NC(=O)CCc3cccc(OC)c3)n[nH]c2C)cc1. The fourth-order valence-corrected chi connectivity index (χ4v) is 2.91. The maximum absolute atomic E-state index is 12.4. The Balaban J connectivity index is 1.69. The van der Waals surface area contributed by atoms with Gasteiger partial charge in [-0.1, -0.05) is 24.3 Å². The number of ether oxygens (including phenoxy) is 2. The lowest BCUT2D eigenvalue weighted by molar-refractivity contribution is -0.116. The van der Waals surface area contributed by atoms with E-state index in [1.54, 1.807) is 14.2 Å². The summed E-state index contributed by atoms with van der Waals surface area (Å²) in [6.45, 7) is 1.93. The molecule has 0 atom stereocenters. The predicted octanol–water partition coefficient (Wildman–Crippen LogP) is 3.97. The standard InChI is InChI=1S/C21H23N3O3/c1-14-20(16-8-10-17(26-2)11-9-16)21(24-23-14)22-19(25)12-7-15-5-4-6-18(13-15)27-3/h4-6,8-11,13H,7,12H2,1-3H3,(H2,22,23,24,25). The minimum Gasteiger partial charge on any atom is -0.497 e. The van der Waals surface area contributed by atoms with Gasteiger partial charge in [-0.3, -0.25) is 9.89 Å². The number of hydrogen-bond donors (Lipinski definition) is 2. The molecule has 3 rings (SSSR count). The molecular formula is C21H23N3O3. The number of nitrogens with zero attached hydrogens (tertiary/aromatic N) is 1. The third-order valence-corrected chi connectivity index (χ3v) is 4.36.